The number of nitrogens with zero attached hydrogens (tertiary/aromatic N) is 3. The van der Waals surface area contributed by atoms with E-state index in [0.717, 1.165) is 22.5 Å². The monoisotopic (exact) mass is 282 g/mol. The summed E-state index contributed by atoms with van der Waals surface area (Å²) in [6.45, 7) is 4.11. The van der Waals surface area contributed by atoms with Gasteiger partial charge in [0.2, 0.25) is 5.95 Å². The summed E-state index contributed by atoms with van der Waals surface area (Å²) in [6, 6.07) is 12.1. The van der Waals surface area contributed by atoms with E-state index in [1.54, 1.807) is 11.6 Å². The largest absolute Gasteiger partial charge is 0.497 e. The molecular formula is C16H18N4O. The number of fused-ring (bicyclic) bond motifs is 1. The van der Waals surface area contributed by atoms with E-state index in [4.69, 9.17) is 4.74 Å². The molecule has 0 amide bonds. The zero-order chi connectivity index (χ0) is 14.8. The molecule has 21 heavy (non-hydrogen) atoms. The third kappa shape index (κ3) is 2.67. The van der Waals surface area contributed by atoms with Gasteiger partial charge in [0.05, 0.1) is 13.2 Å². The van der Waals surface area contributed by atoms with Gasteiger partial charge in [-0.05, 0) is 43.2 Å². The van der Waals surface area contributed by atoms with Crippen molar-refractivity contribution in [3.05, 3.63) is 53.7 Å². The molecule has 1 unspecified atom stereocenters. The summed E-state index contributed by atoms with van der Waals surface area (Å²) in [6.07, 6.45) is 1.90. The highest BCUT2D eigenvalue weighted by atomic mass is 16.5. The number of ether oxygens (including phenoxy) is 1. The van der Waals surface area contributed by atoms with Crippen LogP contribution < -0.4 is 10.1 Å². The second kappa shape index (κ2) is 5.44. The van der Waals surface area contributed by atoms with Crippen LogP contribution >= 0.6 is 0 Å². The number of pyridine rings is 1. The van der Waals surface area contributed by atoms with Gasteiger partial charge in [0.25, 0.3) is 0 Å². The van der Waals surface area contributed by atoms with Crippen LogP contribution in [0.1, 0.15) is 24.1 Å². The minimum atomic E-state index is 0.119. The number of aromatic nitrogens is 3. The van der Waals surface area contributed by atoms with Crippen molar-refractivity contribution in [2.24, 2.45) is 0 Å². The Bertz CT molecular complexity index is 749. The van der Waals surface area contributed by atoms with Gasteiger partial charge in [-0.15, -0.1) is 5.10 Å². The first-order valence-electron chi connectivity index (χ1n) is 6.90. The third-order valence-corrected chi connectivity index (χ3v) is 3.52. The molecule has 1 N–H and O–H groups in total. The molecule has 0 aliphatic heterocycles. The molecule has 0 radical (unpaired) electrons. The number of methoxy groups -OCH3 is 1. The fourth-order valence-electron chi connectivity index (χ4n) is 2.27. The maximum absolute atomic E-state index is 5.17. The van der Waals surface area contributed by atoms with Gasteiger partial charge < -0.3 is 10.1 Å². The van der Waals surface area contributed by atoms with Gasteiger partial charge in [0, 0.05) is 6.20 Å². The van der Waals surface area contributed by atoms with Crippen LogP contribution in [0.15, 0.2) is 42.6 Å². The molecule has 0 saturated heterocycles. The molecule has 5 heteroatoms. The standard InChI is InChI=1S/C16H18N4O/c1-11-5-4-10-20-15(11)18-16(19-20)17-12(2)13-6-8-14(21-3)9-7-13/h4-10,12H,1-3H3,(H,17,19). The first-order valence-corrected chi connectivity index (χ1v) is 6.90. The van der Waals surface area contributed by atoms with E-state index >= 15 is 0 Å². The number of benzene rings is 1. The summed E-state index contributed by atoms with van der Waals surface area (Å²) in [5.74, 6) is 1.49. The lowest BCUT2D eigenvalue weighted by atomic mass is 10.1. The molecule has 2 heterocycles. The van der Waals surface area contributed by atoms with E-state index in [-0.39, 0.29) is 6.04 Å². The Morgan fingerprint density at radius 3 is 2.62 bits per heavy atom. The van der Waals surface area contributed by atoms with Crippen molar-refractivity contribution >= 4 is 11.6 Å². The predicted molar refractivity (Wildman–Crippen MR) is 82.8 cm³/mol. The molecule has 108 valence electrons. The van der Waals surface area contributed by atoms with Crippen LogP contribution in [0.4, 0.5) is 5.95 Å². The second-order valence-electron chi connectivity index (χ2n) is 5.03. The molecule has 5 nitrogen and oxygen atoms in total. The van der Waals surface area contributed by atoms with Crippen molar-refractivity contribution in [3.63, 3.8) is 0 Å². The Labute approximate surface area is 123 Å². The molecule has 1 atom stereocenters. The normalized spacial score (nSPS) is 12.3. The molecule has 0 aliphatic carbocycles. The topological polar surface area (TPSA) is 51.5 Å². The van der Waals surface area contributed by atoms with E-state index in [9.17, 15) is 0 Å². The smallest absolute Gasteiger partial charge is 0.243 e. The number of hydrogen-bond donors (Lipinski definition) is 1. The minimum Gasteiger partial charge on any atom is -0.497 e. The van der Waals surface area contributed by atoms with Gasteiger partial charge in [-0.2, -0.15) is 4.98 Å². The first kappa shape index (κ1) is 13.4. The van der Waals surface area contributed by atoms with Crippen LogP contribution in [-0.4, -0.2) is 21.7 Å². The molecule has 0 bridgehead atoms. The Balaban J connectivity index is 1.81. The summed E-state index contributed by atoms with van der Waals surface area (Å²) in [5, 5.41) is 7.77. The van der Waals surface area contributed by atoms with Crippen LogP contribution in [0.2, 0.25) is 0 Å². The van der Waals surface area contributed by atoms with Gasteiger partial charge >= 0.3 is 0 Å². The summed E-state index contributed by atoms with van der Waals surface area (Å²) in [7, 11) is 1.67. The van der Waals surface area contributed by atoms with Gasteiger partial charge in [-0.25, -0.2) is 4.52 Å². The van der Waals surface area contributed by atoms with Crippen LogP contribution in [0.25, 0.3) is 5.65 Å². The highest BCUT2D eigenvalue weighted by molar-refractivity contribution is 5.50. The highest BCUT2D eigenvalue weighted by Gasteiger charge is 2.10. The zero-order valence-corrected chi connectivity index (χ0v) is 12.4. The van der Waals surface area contributed by atoms with Crippen LogP contribution in [0.5, 0.6) is 5.75 Å². The maximum Gasteiger partial charge on any atom is 0.243 e. The third-order valence-electron chi connectivity index (χ3n) is 3.52. The van der Waals surface area contributed by atoms with Crippen molar-refractivity contribution < 1.29 is 4.74 Å². The second-order valence-corrected chi connectivity index (χ2v) is 5.03. The first-order chi connectivity index (χ1) is 10.2. The summed E-state index contributed by atoms with van der Waals surface area (Å²) < 4.78 is 6.96. The lowest BCUT2D eigenvalue weighted by Crippen LogP contribution is -2.07. The van der Waals surface area contributed by atoms with Crippen LogP contribution in [-0.2, 0) is 0 Å². The molecule has 3 aromatic rings. The molecule has 2 aromatic heterocycles. The number of rotatable bonds is 4. The van der Waals surface area contributed by atoms with E-state index in [0.29, 0.717) is 5.95 Å². The van der Waals surface area contributed by atoms with Crippen molar-refractivity contribution in [2.45, 2.75) is 19.9 Å². The lowest BCUT2D eigenvalue weighted by molar-refractivity contribution is 0.414. The van der Waals surface area contributed by atoms with Gasteiger partial charge in [0.1, 0.15) is 5.75 Å². The summed E-state index contributed by atoms with van der Waals surface area (Å²) in [4.78, 5) is 4.53. The number of hydrogen-bond acceptors (Lipinski definition) is 4. The van der Waals surface area contributed by atoms with Crippen molar-refractivity contribution in [2.75, 3.05) is 12.4 Å². The van der Waals surface area contributed by atoms with Gasteiger partial charge in [-0.1, -0.05) is 18.2 Å². The van der Waals surface area contributed by atoms with Crippen LogP contribution in [0.3, 0.4) is 0 Å². The average molecular weight is 282 g/mol. The Morgan fingerprint density at radius 2 is 1.95 bits per heavy atom. The SMILES string of the molecule is COc1ccc(C(C)Nc2nc3c(C)cccn3n2)cc1. The van der Waals surface area contributed by atoms with Gasteiger partial charge in [0.15, 0.2) is 5.65 Å². The molecule has 0 spiro atoms. The molecule has 3 rings (SSSR count). The molecule has 0 aliphatic rings. The van der Waals surface area contributed by atoms with Crippen molar-refractivity contribution in [3.8, 4) is 5.75 Å². The van der Waals surface area contributed by atoms with E-state index < -0.39 is 0 Å². The van der Waals surface area contributed by atoms with Gasteiger partial charge in [-0.3, -0.25) is 0 Å². The Kier molecular flexibility index (Phi) is 3.48. The Hall–Kier alpha value is -2.56. The quantitative estimate of drug-likeness (QED) is 0.798. The maximum atomic E-state index is 5.17. The number of nitrogens with one attached hydrogen (secondary N) is 1. The molecular weight excluding hydrogens is 264 g/mol. The minimum absolute atomic E-state index is 0.119. The van der Waals surface area contributed by atoms with E-state index in [2.05, 4.69) is 22.3 Å². The summed E-state index contributed by atoms with van der Waals surface area (Å²) in [5.41, 5.74) is 3.14. The fourth-order valence-corrected chi connectivity index (χ4v) is 2.27. The average Bonchev–Trinajstić information content (AvgIpc) is 2.91. The lowest BCUT2D eigenvalue weighted by Gasteiger charge is -2.13. The number of anilines is 1. The van der Waals surface area contributed by atoms with Crippen molar-refractivity contribution in [1.29, 1.82) is 0 Å². The Morgan fingerprint density at radius 1 is 1.19 bits per heavy atom. The number of aryl methyl sites for hydroxylation is 1. The molecule has 0 fully saturated rings. The molecule has 0 saturated carbocycles. The predicted octanol–water partition coefficient (Wildman–Crippen LogP) is 3.22. The van der Waals surface area contributed by atoms with Crippen LogP contribution in [0, 0.1) is 6.92 Å². The zero-order valence-electron chi connectivity index (χ0n) is 12.4. The molecule has 1 aromatic carbocycles. The van der Waals surface area contributed by atoms with E-state index in [1.807, 2.05) is 49.5 Å². The van der Waals surface area contributed by atoms with Crippen molar-refractivity contribution in [1.82, 2.24) is 14.6 Å². The highest BCUT2D eigenvalue weighted by Crippen LogP contribution is 2.20. The fraction of sp³-hybridized carbons (Fsp3) is 0.250. The van der Waals surface area contributed by atoms with E-state index in [1.165, 1.54) is 0 Å². The summed E-state index contributed by atoms with van der Waals surface area (Å²) >= 11 is 0.